The van der Waals surface area contributed by atoms with E-state index in [1.54, 1.807) is 0 Å². The molecule has 0 aliphatic carbocycles. The Balaban J connectivity index is 2.16. The van der Waals surface area contributed by atoms with E-state index in [4.69, 9.17) is 5.73 Å². The predicted molar refractivity (Wildman–Crippen MR) is 62.4 cm³/mol. The lowest BCUT2D eigenvalue weighted by Gasteiger charge is -2.30. The Bertz CT molecular complexity index is 531. The topological polar surface area (TPSA) is 58.7 Å². The lowest BCUT2D eigenvalue weighted by molar-refractivity contribution is -0.114. The molecule has 16 heavy (non-hydrogen) atoms. The van der Waals surface area contributed by atoms with Crippen molar-refractivity contribution in [3.05, 3.63) is 41.1 Å². The van der Waals surface area contributed by atoms with Crippen molar-refractivity contribution in [3.63, 3.8) is 0 Å². The SMILES string of the molecule is NC(=O)C1=CN2CN=Cc3cccc(c32)C1. The summed E-state index contributed by atoms with van der Waals surface area (Å²) in [5, 5.41) is 0. The van der Waals surface area contributed by atoms with Crippen LogP contribution in [-0.2, 0) is 11.2 Å². The largest absolute Gasteiger partial charge is 0.366 e. The first-order valence-corrected chi connectivity index (χ1v) is 5.14. The highest BCUT2D eigenvalue weighted by Gasteiger charge is 2.23. The summed E-state index contributed by atoms with van der Waals surface area (Å²) < 4.78 is 0. The van der Waals surface area contributed by atoms with Gasteiger partial charge < -0.3 is 10.6 Å². The Hall–Kier alpha value is -2.10. The number of primary amides is 1. The van der Waals surface area contributed by atoms with E-state index < -0.39 is 0 Å². The van der Waals surface area contributed by atoms with Gasteiger partial charge in [-0.3, -0.25) is 9.79 Å². The molecule has 0 saturated carbocycles. The summed E-state index contributed by atoms with van der Waals surface area (Å²) in [4.78, 5) is 17.4. The lowest BCUT2D eigenvalue weighted by Crippen LogP contribution is -2.30. The monoisotopic (exact) mass is 213 g/mol. The molecule has 0 unspecified atom stereocenters. The van der Waals surface area contributed by atoms with Crippen molar-refractivity contribution in [2.24, 2.45) is 10.7 Å². The number of carbonyl (C=O) groups excluding carboxylic acids is 1. The number of anilines is 1. The highest BCUT2D eigenvalue weighted by Crippen LogP contribution is 2.33. The van der Waals surface area contributed by atoms with Gasteiger partial charge in [0.05, 0.1) is 5.69 Å². The molecule has 2 aliphatic heterocycles. The first kappa shape index (κ1) is 9.15. The van der Waals surface area contributed by atoms with Crippen molar-refractivity contribution in [2.75, 3.05) is 11.6 Å². The van der Waals surface area contributed by atoms with E-state index in [-0.39, 0.29) is 5.91 Å². The molecule has 2 heterocycles. The van der Waals surface area contributed by atoms with Gasteiger partial charge in [0.1, 0.15) is 6.67 Å². The second-order valence-electron chi connectivity index (χ2n) is 3.97. The summed E-state index contributed by atoms with van der Waals surface area (Å²) in [6.07, 6.45) is 4.30. The molecule has 0 bridgehead atoms. The number of nitrogens with zero attached hydrogens (tertiary/aromatic N) is 2. The van der Waals surface area contributed by atoms with E-state index in [1.807, 2.05) is 35.5 Å². The quantitative estimate of drug-likeness (QED) is 0.750. The van der Waals surface area contributed by atoms with Gasteiger partial charge in [0.15, 0.2) is 0 Å². The number of hydrogen-bond donors (Lipinski definition) is 1. The zero-order valence-electron chi connectivity index (χ0n) is 8.68. The molecule has 0 aromatic heterocycles. The van der Waals surface area contributed by atoms with Gasteiger partial charge in [-0.1, -0.05) is 18.2 Å². The van der Waals surface area contributed by atoms with Gasteiger partial charge in [0.25, 0.3) is 0 Å². The van der Waals surface area contributed by atoms with Crippen LogP contribution in [0.2, 0.25) is 0 Å². The number of para-hydroxylation sites is 1. The smallest absolute Gasteiger partial charge is 0.246 e. The number of aliphatic imine (C=N–C) groups is 1. The van der Waals surface area contributed by atoms with Gasteiger partial charge in [-0.25, -0.2) is 0 Å². The Morgan fingerprint density at radius 3 is 3.12 bits per heavy atom. The zero-order valence-corrected chi connectivity index (χ0v) is 8.68. The van der Waals surface area contributed by atoms with Crippen molar-refractivity contribution in [1.29, 1.82) is 0 Å². The Kier molecular flexibility index (Phi) is 1.83. The molecule has 0 radical (unpaired) electrons. The predicted octanol–water partition coefficient (Wildman–Crippen LogP) is 0.808. The van der Waals surface area contributed by atoms with Crippen molar-refractivity contribution >= 4 is 17.8 Å². The number of nitrogens with two attached hydrogens (primary N) is 1. The molecule has 1 aromatic rings. The first-order chi connectivity index (χ1) is 7.75. The average molecular weight is 213 g/mol. The highest BCUT2D eigenvalue weighted by atomic mass is 16.1. The fourth-order valence-electron chi connectivity index (χ4n) is 2.20. The number of rotatable bonds is 1. The van der Waals surface area contributed by atoms with Crippen LogP contribution < -0.4 is 10.6 Å². The van der Waals surface area contributed by atoms with Gasteiger partial charge in [-0.05, 0) is 5.56 Å². The zero-order chi connectivity index (χ0) is 11.1. The maximum absolute atomic E-state index is 11.2. The normalized spacial score (nSPS) is 16.8. The molecule has 3 rings (SSSR count). The Morgan fingerprint density at radius 1 is 1.44 bits per heavy atom. The van der Waals surface area contributed by atoms with Crippen molar-refractivity contribution in [2.45, 2.75) is 6.42 Å². The second kappa shape index (κ2) is 3.20. The van der Waals surface area contributed by atoms with Crippen LogP contribution in [0.25, 0.3) is 0 Å². The summed E-state index contributed by atoms with van der Waals surface area (Å²) >= 11 is 0. The molecule has 4 nitrogen and oxygen atoms in total. The van der Waals surface area contributed by atoms with Crippen molar-refractivity contribution < 1.29 is 4.79 Å². The lowest BCUT2D eigenvalue weighted by atomic mass is 9.96. The molecular formula is C12H11N3O. The van der Waals surface area contributed by atoms with Crippen LogP contribution >= 0.6 is 0 Å². The number of carbonyl (C=O) groups is 1. The summed E-state index contributed by atoms with van der Waals surface area (Å²) in [5.41, 5.74) is 9.36. The van der Waals surface area contributed by atoms with Gasteiger partial charge in [0.2, 0.25) is 5.91 Å². The minimum absolute atomic E-state index is 0.356. The summed E-state index contributed by atoms with van der Waals surface area (Å²) in [7, 11) is 0. The van der Waals surface area contributed by atoms with E-state index in [1.165, 1.54) is 0 Å². The molecule has 2 N–H and O–H groups in total. The Morgan fingerprint density at radius 2 is 2.31 bits per heavy atom. The molecule has 4 heteroatoms. The van der Waals surface area contributed by atoms with Crippen LogP contribution in [0.3, 0.4) is 0 Å². The third-order valence-corrected chi connectivity index (χ3v) is 2.91. The molecule has 80 valence electrons. The number of amides is 1. The molecule has 0 saturated heterocycles. The van der Waals surface area contributed by atoms with Crippen LogP contribution in [-0.4, -0.2) is 18.8 Å². The molecular weight excluding hydrogens is 202 g/mol. The fraction of sp³-hybridized carbons (Fsp3) is 0.167. The van der Waals surface area contributed by atoms with E-state index in [2.05, 4.69) is 4.99 Å². The third-order valence-electron chi connectivity index (χ3n) is 2.91. The van der Waals surface area contributed by atoms with E-state index in [9.17, 15) is 4.79 Å². The molecule has 2 aliphatic rings. The summed E-state index contributed by atoms with van der Waals surface area (Å²) in [6, 6.07) is 6.03. The molecule has 0 fully saturated rings. The highest BCUT2D eigenvalue weighted by molar-refractivity contribution is 5.97. The van der Waals surface area contributed by atoms with Crippen LogP contribution in [0.15, 0.2) is 35.0 Å². The minimum atomic E-state index is -0.356. The molecule has 1 aromatic carbocycles. The number of hydrogen-bond acceptors (Lipinski definition) is 3. The fourth-order valence-corrected chi connectivity index (χ4v) is 2.20. The molecule has 0 atom stereocenters. The van der Waals surface area contributed by atoms with Crippen LogP contribution in [0.5, 0.6) is 0 Å². The van der Waals surface area contributed by atoms with Gasteiger partial charge in [0, 0.05) is 30.0 Å². The minimum Gasteiger partial charge on any atom is -0.366 e. The standard InChI is InChI=1S/C12H11N3O/c13-12(16)10-4-8-2-1-3-9-5-14-7-15(6-10)11(8)9/h1-3,5-6H,4,7H2,(H2,13,16). The van der Waals surface area contributed by atoms with Gasteiger partial charge in [-0.2, -0.15) is 0 Å². The van der Waals surface area contributed by atoms with Crippen LogP contribution in [0.4, 0.5) is 5.69 Å². The maximum Gasteiger partial charge on any atom is 0.246 e. The first-order valence-electron chi connectivity index (χ1n) is 5.14. The maximum atomic E-state index is 11.2. The van der Waals surface area contributed by atoms with Gasteiger partial charge >= 0.3 is 0 Å². The average Bonchev–Trinajstić information content (AvgIpc) is 2.29. The van der Waals surface area contributed by atoms with Gasteiger partial charge in [-0.15, -0.1) is 0 Å². The third kappa shape index (κ3) is 1.23. The number of benzene rings is 1. The second-order valence-corrected chi connectivity index (χ2v) is 3.97. The molecule has 0 spiro atoms. The Labute approximate surface area is 93.1 Å². The van der Waals surface area contributed by atoms with Crippen LogP contribution in [0.1, 0.15) is 11.1 Å². The summed E-state index contributed by atoms with van der Waals surface area (Å²) in [6.45, 7) is 0.556. The summed E-state index contributed by atoms with van der Waals surface area (Å²) in [5.74, 6) is -0.356. The molecule has 1 amide bonds. The van der Waals surface area contributed by atoms with E-state index in [0.29, 0.717) is 18.7 Å². The van der Waals surface area contributed by atoms with Crippen molar-refractivity contribution in [1.82, 2.24) is 0 Å². The van der Waals surface area contributed by atoms with Crippen molar-refractivity contribution in [3.8, 4) is 0 Å². The van der Waals surface area contributed by atoms with Crippen LogP contribution in [0, 0.1) is 0 Å². The van der Waals surface area contributed by atoms with E-state index in [0.717, 1.165) is 16.8 Å². The van der Waals surface area contributed by atoms with E-state index >= 15 is 0 Å².